The highest BCUT2D eigenvalue weighted by Crippen LogP contribution is 2.44. The topological polar surface area (TPSA) is 97.4 Å². The zero-order chi connectivity index (χ0) is 31.7. The third-order valence-corrected chi connectivity index (χ3v) is 9.06. The number of unbranched alkanes of at least 4 members (excludes halogenated alkanes) is 1. The maximum atomic E-state index is 13.4. The molecule has 0 aliphatic heterocycles. The number of fused-ring (bicyclic) bond motifs is 3. The van der Waals surface area contributed by atoms with E-state index in [9.17, 15) is 14.4 Å². The predicted octanol–water partition coefficient (Wildman–Crippen LogP) is 7.43. The van der Waals surface area contributed by atoms with Gasteiger partial charge in [0.05, 0.1) is 18.2 Å². The number of rotatable bonds is 13. The lowest BCUT2D eigenvalue weighted by Gasteiger charge is -2.18. The van der Waals surface area contributed by atoms with Gasteiger partial charge in [0.15, 0.2) is 5.78 Å². The lowest BCUT2D eigenvalue weighted by atomic mass is 9.98. The number of carbonyl (C=O) groups is 3. The molecular weight excluding hydrogens is 595 g/mol. The van der Waals surface area contributed by atoms with Gasteiger partial charge in [0, 0.05) is 29.0 Å². The number of nitrogens with zero attached hydrogens (tertiary/aromatic N) is 1. The summed E-state index contributed by atoms with van der Waals surface area (Å²) < 4.78 is 5.64. The van der Waals surface area contributed by atoms with Crippen molar-refractivity contribution in [1.82, 2.24) is 15.6 Å². The second-order valence-corrected chi connectivity index (χ2v) is 12.2. The normalized spacial score (nSPS) is 12.5. The van der Waals surface area contributed by atoms with E-state index in [-0.39, 0.29) is 30.6 Å². The zero-order valence-electron chi connectivity index (χ0n) is 25.4. The van der Waals surface area contributed by atoms with E-state index in [1.165, 1.54) is 33.6 Å². The van der Waals surface area contributed by atoms with E-state index in [0.29, 0.717) is 36.4 Å². The van der Waals surface area contributed by atoms with Gasteiger partial charge in [-0.1, -0.05) is 97.1 Å². The van der Waals surface area contributed by atoms with Crippen molar-refractivity contribution in [2.75, 3.05) is 13.2 Å². The fourth-order valence-corrected chi connectivity index (χ4v) is 6.68. The van der Waals surface area contributed by atoms with Gasteiger partial charge in [0.1, 0.15) is 11.6 Å². The van der Waals surface area contributed by atoms with Crippen molar-refractivity contribution in [2.24, 2.45) is 0 Å². The molecular formula is C38H35N3O4S. The Bertz CT molecular complexity index is 1760. The molecule has 4 aromatic carbocycles. The Morgan fingerprint density at radius 3 is 2.11 bits per heavy atom. The molecule has 0 radical (unpaired) electrons. The molecule has 0 saturated carbocycles. The van der Waals surface area contributed by atoms with Crippen molar-refractivity contribution < 1.29 is 19.1 Å². The minimum atomic E-state index is -0.675. The number of nitrogens with one attached hydrogen (secondary N) is 2. The summed E-state index contributed by atoms with van der Waals surface area (Å²) in [7, 11) is 0. The maximum absolute atomic E-state index is 13.4. The molecule has 46 heavy (non-hydrogen) atoms. The highest BCUT2D eigenvalue weighted by Gasteiger charge is 2.29. The number of Topliss-reactive ketones (excluding diaryl/α,β-unsaturated/α-hetero) is 1. The lowest BCUT2D eigenvalue weighted by Crippen LogP contribution is -2.41. The summed E-state index contributed by atoms with van der Waals surface area (Å²) >= 11 is 1.44. The first kappa shape index (κ1) is 30.9. The quantitative estimate of drug-likeness (QED) is 0.132. The molecule has 1 aliphatic rings. The molecule has 1 aromatic heterocycles. The number of ketones is 1. The van der Waals surface area contributed by atoms with Crippen LogP contribution >= 0.6 is 11.3 Å². The highest BCUT2D eigenvalue weighted by molar-refractivity contribution is 7.10. The SMILES string of the molecule is O=C(NCCCCC(NC(=O)c1ccccc1)C(=O)Cc1nc(-c2ccccc2)cs1)OCC1c2ccccc2-c2ccccc21. The highest BCUT2D eigenvalue weighted by atomic mass is 32.1. The number of aromatic nitrogens is 1. The van der Waals surface area contributed by atoms with Crippen LogP contribution in [0.3, 0.4) is 0 Å². The molecule has 1 atom stereocenters. The molecule has 1 heterocycles. The first-order valence-electron chi connectivity index (χ1n) is 15.5. The molecule has 6 rings (SSSR count). The van der Waals surface area contributed by atoms with Crippen LogP contribution in [0.25, 0.3) is 22.4 Å². The number of thiazole rings is 1. The van der Waals surface area contributed by atoms with Gasteiger partial charge in [-0.2, -0.15) is 0 Å². The minimum Gasteiger partial charge on any atom is -0.449 e. The van der Waals surface area contributed by atoms with Gasteiger partial charge < -0.3 is 15.4 Å². The maximum Gasteiger partial charge on any atom is 0.407 e. The van der Waals surface area contributed by atoms with Gasteiger partial charge in [-0.05, 0) is 53.6 Å². The number of carbonyl (C=O) groups excluding carboxylic acids is 3. The van der Waals surface area contributed by atoms with E-state index < -0.39 is 12.1 Å². The molecule has 0 bridgehead atoms. The van der Waals surface area contributed by atoms with Crippen LogP contribution in [-0.2, 0) is 16.0 Å². The fourth-order valence-electron chi connectivity index (χ4n) is 5.86. The van der Waals surface area contributed by atoms with E-state index >= 15 is 0 Å². The molecule has 7 nitrogen and oxygen atoms in total. The summed E-state index contributed by atoms with van der Waals surface area (Å²) in [6.07, 6.45) is 1.37. The molecule has 0 spiro atoms. The van der Waals surface area contributed by atoms with Crippen molar-refractivity contribution in [3.63, 3.8) is 0 Å². The number of hydrogen-bond acceptors (Lipinski definition) is 6. The van der Waals surface area contributed by atoms with Gasteiger partial charge in [0.2, 0.25) is 0 Å². The Hall–Kier alpha value is -5.08. The molecule has 0 saturated heterocycles. The molecule has 2 amide bonds. The second-order valence-electron chi connectivity index (χ2n) is 11.3. The standard InChI is InChI=1S/C38H35N3O4S/c42-35(23-36-40-34(25-46-36)26-13-3-1-4-14-26)33(41-37(43)27-15-5-2-6-16-27)21-11-12-22-39-38(44)45-24-32-30-19-9-7-17-28(30)29-18-8-10-20-31(29)32/h1-10,13-20,25,32-33H,11-12,21-24H2,(H,39,44)(H,41,43). The third-order valence-electron chi connectivity index (χ3n) is 8.21. The Morgan fingerprint density at radius 1 is 0.783 bits per heavy atom. The van der Waals surface area contributed by atoms with Crippen molar-refractivity contribution in [2.45, 2.75) is 37.6 Å². The molecule has 1 aliphatic carbocycles. The van der Waals surface area contributed by atoms with Gasteiger partial charge in [-0.25, -0.2) is 9.78 Å². The van der Waals surface area contributed by atoms with Crippen LogP contribution in [0.2, 0.25) is 0 Å². The van der Waals surface area contributed by atoms with E-state index in [1.54, 1.807) is 24.3 Å². The van der Waals surface area contributed by atoms with Crippen molar-refractivity contribution in [1.29, 1.82) is 0 Å². The van der Waals surface area contributed by atoms with Gasteiger partial charge in [-0.15, -0.1) is 11.3 Å². The number of hydrogen-bond donors (Lipinski definition) is 2. The first-order valence-corrected chi connectivity index (χ1v) is 16.4. The number of amides is 2. The largest absolute Gasteiger partial charge is 0.449 e. The molecule has 232 valence electrons. The van der Waals surface area contributed by atoms with Gasteiger partial charge >= 0.3 is 6.09 Å². The van der Waals surface area contributed by atoms with Crippen LogP contribution in [-0.4, -0.2) is 42.0 Å². The summed E-state index contributed by atoms with van der Waals surface area (Å²) in [4.78, 5) is 43.7. The molecule has 2 N–H and O–H groups in total. The van der Waals surface area contributed by atoms with Crippen LogP contribution in [0.5, 0.6) is 0 Å². The van der Waals surface area contributed by atoms with Gasteiger partial charge in [0.25, 0.3) is 5.91 Å². The van der Waals surface area contributed by atoms with Crippen LogP contribution < -0.4 is 10.6 Å². The fraction of sp³-hybridized carbons (Fsp3) is 0.211. The van der Waals surface area contributed by atoms with Crippen molar-refractivity contribution in [3.05, 3.63) is 136 Å². The number of ether oxygens (including phenoxy) is 1. The number of benzene rings is 4. The van der Waals surface area contributed by atoms with E-state index in [4.69, 9.17) is 4.74 Å². The number of alkyl carbamates (subject to hydrolysis) is 1. The molecule has 8 heteroatoms. The summed E-state index contributed by atoms with van der Waals surface area (Å²) in [5.74, 6) is -0.387. The van der Waals surface area contributed by atoms with Gasteiger partial charge in [-0.3, -0.25) is 9.59 Å². The average molecular weight is 630 g/mol. The van der Waals surface area contributed by atoms with Crippen LogP contribution in [0.1, 0.15) is 51.7 Å². The smallest absolute Gasteiger partial charge is 0.407 e. The van der Waals surface area contributed by atoms with E-state index in [1.807, 2.05) is 66.0 Å². The van der Waals surface area contributed by atoms with E-state index in [2.05, 4.69) is 39.9 Å². The Kier molecular flexibility index (Phi) is 9.95. The molecule has 1 unspecified atom stereocenters. The summed E-state index contributed by atoms with van der Waals surface area (Å²) in [6.45, 7) is 0.655. The summed E-state index contributed by atoms with van der Waals surface area (Å²) in [5.41, 5.74) is 7.02. The van der Waals surface area contributed by atoms with Crippen molar-refractivity contribution >= 4 is 29.1 Å². The second kappa shape index (κ2) is 14.8. The van der Waals surface area contributed by atoms with E-state index in [0.717, 1.165) is 11.3 Å². The molecule has 5 aromatic rings. The summed E-state index contributed by atoms with van der Waals surface area (Å²) in [5, 5.41) is 8.43. The van der Waals surface area contributed by atoms with Crippen molar-refractivity contribution in [3.8, 4) is 22.4 Å². The zero-order valence-corrected chi connectivity index (χ0v) is 26.2. The monoisotopic (exact) mass is 629 g/mol. The Labute approximate surface area is 272 Å². The van der Waals surface area contributed by atoms with Crippen LogP contribution in [0.15, 0.2) is 115 Å². The van der Waals surface area contributed by atoms with Crippen LogP contribution in [0.4, 0.5) is 4.79 Å². The third kappa shape index (κ3) is 7.41. The summed E-state index contributed by atoms with van der Waals surface area (Å²) in [6, 6.07) is 34.5. The predicted molar refractivity (Wildman–Crippen MR) is 181 cm³/mol. The molecule has 0 fully saturated rings. The lowest BCUT2D eigenvalue weighted by molar-refractivity contribution is -0.120. The Morgan fingerprint density at radius 2 is 1.41 bits per heavy atom. The Balaban J connectivity index is 1.00. The minimum absolute atomic E-state index is 0.000228. The average Bonchev–Trinajstić information content (AvgIpc) is 3.70. The first-order chi connectivity index (χ1) is 22.6. The van der Waals surface area contributed by atoms with Crippen LogP contribution in [0, 0.1) is 0 Å².